The van der Waals surface area contributed by atoms with Gasteiger partial charge in [0.15, 0.2) is 5.78 Å². The lowest BCUT2D eigenvalue weighted by Crippen LogP contribution is -2.30. The molecule has 10 heavy (non-hydrogen) atoms. The molecule has 0 aliphatic carbocycles. The van der Waals surface area contributed by atoms with E-state index in [1.807, 2.05) is 13.8 Å². The maximum absolute atomic E-state index is 11.0. The second kappa shape index (κ2) is 2.97. The Morgan fingerprint density at radius 2 is 2.40 bits per heavy atom. The summed E-state index contributed by atoms with van der Waals surface area (Å²) in [7, 11) is 0. The molecule has 0 saturated carbocycles. The molecule has 0 aromatic carbocycles. The van der Waals surface area contributed by atoms with Crippen LogP contribution in [0.3, 0.4) is 0 Å². The first-order valence-corrected chi connectivity index (χ1v) is 3.54. The normalized spacial score (nSPS) is 25.9. The molecule has 0 aromatic heterocycles. The number of ketones is 1. The summed E-state index contributed by atoms with van der Waals surface area (Å²) < 4.78 is 5.22. The zero-order chi connectivity index (χ0) is 7.56. The van der Waals surface area contributed by atoms with E-state index in [1.165, 1.54) is 0 Å². The summed E-state index contributed by atoms with van der Waals surface area (Å²) in [5.74, 6) is 0.388. The molecule has 2 nitrogen and oxygen atoms in total. The molecular weight excluding hydrogens is 128 g/mol. The standard InChI is InChI=1S/C8H12O2/c1-6(2)8-7(9)4-3-5-10-8/h3-4,6,8H,5H2,1-2H3. The molecule has 0 saturated heterocycles. The third-order valence-corrected chi connectivity index (χ3v) is 1.54. The molecule has 0 radical (unpaired) electrons. The van der Waals surface area contributed by atoms with Gasteiger partial charge in [-0.15, -0.1) is 0 Å². The summed E-state index contributed by atoms with van der Waals surface area (Å²) in [4.78, 5) is 11.0. The Kier molecular flexibility index (Phi) is 2.22. The van der Waals surface area contributed by atoms with E-state index in [9.17, 15) is 4.79 Å². The van der Waals surface area contributed by atoms with Crippen molar-refractivity contribution in [1.29, 1.82) is 0 Å². The van der Waals surface area contributed by atoms with Crippen LogP contribution in [0.1, 0.15) is 13.8 Å². The highest BCUT2D eigenvalue weighted by atomic mass is 16.5. The van der Waals surface area contributed by atoms with Crippen molar-refractivity contribution in [3.63, 3.8) is 0 Å². The van der Waals surface area contributed by atoms with Crippen LogP contribution in [0.25, 0.3) is 0 Å². The minimum Gasteiger partial charge on any atom is -0.366 e. The van der Waals surface area contributed by atoms with E-state index < -0.39 is 0 Å². The van der Waals surface area contributed by atoms with E-state index in [1.54, 1.807) is 12.2 Å². The maximum Gasteiger partial charge on any atom is 0.184 e. The summed E-state index contributed by atoms with van der Waals surface area (Å²) in [6.07, 6.45) is 3.15. The van der Waals surface area contributed by atoms with Crippen molar-refractivity contribution in [3.05, 3.63) is 12.2 Å². The summed E-state index contributed by atoms with van der Waals surface area (Å²) in [5.41, 5.74) is 0. The Morgan fingerprint density at radius 3 is 2.80 bits per heavy atom. The average Bonchev–Trinajstić information content (AvgIpc) is 1.88. The smallest absolute Gasteiger partial charge is 0.184 e. The zero-order valence-electron chi connectivity index (χ0n) is 6.33. The van der Waals surface area contributed by atoms with Crippen LogP contribution in [0.15, 0.2) is 12.2 Å². The van der Waals surface area contributed by atoms with Gasteiger partial charge < -0.3 is 4.74 Å². The largest absolute Gasteiger partial charge is 0.366 e. The number of ether oxygens (including phenoxy) is 1. The van der Waals surface area contributed by atoms with Crippen molar-refractivity contribution in [2.45, 2.75) is 20.0 Å². The van der Waals surface area contributed by atoms with Crippen LogP contribution >= 0.6 is 0 Å². The van der Waals surface area contributed by atoms with Gasteiger partial charge in [-0.25, -0.2) is 0 Å². The molecule has 1 aliphatic rings. The highest BCUT2D eigenvalue weighted by molar-refractivity contribution is 5.94. The van der Waals surface area contributed by atoms with E-state index in [4.69, 9.17) is 4.74 Å². The molecule has 1 atom stereocenters. The maximum atomic E-state index is 11.0. The highest BCUT2D eigenvalue weighted by Gasteiger charge is 2.22. The molecular formula is C8H12O2. The first-order chi connectivity index (χ1) is 4.72. The molecule has 0 N–H and O–H groups in total. The van der Waals surface area contributed by atoms with Crippen molar-refractivity contribution in [2.75, 3.05) is 6.61 Å². The first-order valence-electron chi connectivity index (χ1n) is 3.54. The molecule has 0 amide bonds. The second-order valence-corrected chi connectivity index (χ2v) is 2.80. The predicted octanol–water partition coefficient (Wildman–Crippen LogP) is 1.17. The predicted molar refractivity (Wildman–Crippen MR) is 38.7 cm³/mol. The lowest BCUT2D eigenvalue weighted by molar-refractivity contribution is -0.128. The fourth-order valence-corrected chi connectivity index (χ4v) is 1.02. The lowest BCUT2D eigenvalue weighted by atomic mass is 10.0. The van der Waals surface area contributed by atoms with Crippen LogP contribution in [0, 0.1) is 5.92 Å². The van der Waals surface area contributed by atoms with Crippen LogP contribution in [-0.2, 0) is 9.53 Å². The van der Waals surface area contributed by atoms with Gasteiger partial charge >= 0.3 is 0 Å². The Hall–Kier alpha value is -0.630. The Bertz CT molecular complexity index is 159. The van der Waals surface area contributed by atoms with Gasteiger partial charge in [-0.3, -0.25) is 4.79 Å². The Morgan fingerprint density at radius 1 is 1.70 bits per heavy atom. The molecule has 56 valence electrons. The number of carbonyl (C=O) groups excluding carboxylic acids is 1. The number of rotatable bonds is 1. The van der Waals surface area contributed by atoms with Crippen molar-refractivity contribution >= 4 is 5.78 Å². The number of carbonyl (C=O) groups is 1. The van der Waals surface area contributed by atoms with Crippen LogP contribution in [0.2, 0.25) is 0 Å². The zero-order valence-corrected chi connectivity index (χ0v) is 6.33. The van der Waals surface area contributed by atoms with Crippen molar-refractivity contribution in [3.8, 4) is 0 Å². The third kappa shape index (κ3) is 1.45. The average molecular weight is 140 g/mol. The highest BCUT2D eigenvalue weighted by Crippen LogP contribution is 2.11. The Balaban J connectivity index is 2.61. The molecule has 0 spiro atoms. The quantitative estimate of drug-likeness (QED) is 0.546. The van der Waals surface area contributed by atoms with Crippen LogP contribution < -0.4 is 0 Å². The molecule has 1 unspecified atom stereocenters. The summed E-state index contributed by atoms with van der Waals surface area (Å²) in [6.45, 7) is 4.55. The summed E-state index contributed by atoms with van der Waals surface area (Å²) in [5, 5.41) is 0. The Labute approximate surface area is 60.9 Å². The lowest BCUT2D eigenvalue weighted by Gasteiger charge is -2.20. The first kappa shape index (κ1) is 7.48. The van der Waals surface area contributed by atoms with E-state index >= 15 is 0 Å². The third-order valence-electron chi connectivity index (χ3n) is 1.54. The fraction of sp³-hybridized carbons (Fsp3) is 0.625. The molecule has 0 fully saturated rings. The summed E-state index contributed by atoms with van der Waals surface area (Å²) in [6, 6.07) is 0. The van der Waals surface area contributed by atoms with Gasteiger partial charge in [-0.2, -0.15) is 0 Å². The van der Waals surface area contributed by atoms with E-state index in [0.29, 0.717) is 6.61 Å². The number of hydrogen-bond acceptors (Lipinski definition) is 2. The van der Waals surface area contributed by atoms with Crippen LogP contribution in [0.5, 0.6) is 0 Å². The van der Waals surface area contributed by atoms with Crippen molar-refractivity contribution in [1.82, 2.24) is 0 Å². The molecule has 0 aromatic rings. The van der Waals surface area contributed by atoms with Gasteiger partial charge in [0.25, 0.3) is 0 Å². The summed E-state index contributed by atoms with van der Waals surface area (Å²) >= 11 is 0. The van der Waals surface area contributed by atoms with Gasteiger partial charge in [0, 0.05) is 0 Å². The van der Waals surface area contributed by atoms with E-state index in [0.717, 1.165) is 0 Å². The van der Waals surface area contributed by atoms with Gasteiger partial charge in [-0.1, -0.05) is 19.9 Å². The minimum atomic E-state index is -0.204. The van der Waals surface area contributed by atoms with Gasteiger partial charge in [0.2, 0.25) is 0 Å². The molecule has 2 heteroatoms. The fourth-order valence-electron chi connectivity index (χ4n) is 1.02. The topological polar surface area (TPSA) is 26.3 Å². The minimum absolute atomic E-state index is 0.0984. The van der Waals surface area contributed by atoms with Gasteiger partial charge in [0.05, 0.1) is 6.61 Å². The monoisotopic (exact) mass is 140 g/mol. The van der Waals surface area contributed by atoms with E-state index in [-0.39, 0.29) is 17.8 Å². The van der Waals surface area contributed by atoms with Crippen LogP contribution in [-0.4, -0.2) is 18.5 Å². The van der Waals surface area contributed by atoms with Gasteiger partial charge in [-0.05, 0) is 12.0 Å². The van der Waals surface area contributed by atoms with Crippen molar-refractivity contribution < 1.29 is 9.53 Å². The van der Waals surface area contributed by atoms with Crippen molar-refractivity contribution in [2.24, 2.45) is 5.92 Å². The molecule has 1 rings (SSSR count). The van der Waals surface area contributed by atoms with E-state index in [2.05, 4.69) is 0 Å². The molecule has 1 aliphatic heterocycles. The SMILES string of the molecule is CC(C)C1OCC=CC1=O. The molecule has 1 heterocycles. The number of hydrogen-bond donors (Lipinski definition) is 0. The van der Waals surface area contributed by atoms with Crippen LogP contribution in [0.4, 0.5) is 0 Å². The van der Waals surface area contributed by atoms with Gasteiger partial charge in [0.1, 0.15) is 6.10 Å². The second-order valence-electron chi connectivity index (χ2n) is 2.80. The molecule has 0 bridgehead atoms.